The smallest absolute Gasteiger partial charge is 0.337 e. The molecule has 0 spiro atoms. The van der Waals surface area contributed by atoms with Crippen molar-refractivity contribution in [2.24, 2.45) is 5.73 Å². The number of para-hydroxylation sites is 1. The zero-order valence-corrected chi connectivity index (χ0v) is 20.9. The minimum atomic E-state index is -1.13. The van der Waals surface area contributed by atoms with Crippen molar-refractivity contribution in [2.75, 3.05) is 17.3 Å². The average molecular weight is 506 g/mol. The summed E-state index contributed by atoms with van der Waals surface area (Å²) in [6.45, 7) is 6.08. The third-order valence-corrected chi connectivity index (χ3v) is 5.21. The van der Waals surface area contributed by atoms with Crippen molar-refractivity contribution >= 4 is 29.1 Å². The number of aromatic carboxylic acids is 1. The normalized spacial score (nSPS) is 11.4. The fraction of sp³-hybridized carbons (Fsp3) is 0.222. The van der Waals surface area contributed by atoms with Gasteiger partial charge >= 0.3 is 5.97 Å². The van der Waals surface area contributed by atoms with E-state index in [4.69, 9.17) is 20.6 Å². The van der Waals surface area contributed by atoms with Crippen LogP contribution in [0.15, 0.2) is 66.7 Å². The lowest BCUT2D eigenvalue weighted by molar-refractivity contribution is -0.121. The molecule has 1 amide bonds. The summed E-state index contributed by atoms with van der Waals surface area (Å²) in [6, 6.07) is 17.3. The molecule has 10 heteroatoms. The van der Waals surface area contributed by atoms with Crippen LogP contribution in [0.5, 0.6) is 11.5 Å². The van der Waals surface area contributed by atoms with Crippen LogP contribution in [0.4, 0.5) is 11.4 Å². The van der Waals surface area contributed by atoms with E-state index in [0.717, 1.165) is 0 Å². The maximum atomic E-state index is 13.4. The Morgan fingerprint density at radius 1 is 1.03 bits per heavy atom. The van der Waals surface area contributed by atoms with E-state index in [-0.39, 0.29) is 23.2 Å². The third kappa shape index (κ3) is 7.14. The van der Waals surface area contributed by atoms with Gasteiger partial charge in [0.1, 0.15) is 11.9 Å². The Morgan fingerprint density at radius 3 is 2.35 bits per heavy atom. The first-order valence-electron chi connectivity index (χ1n) is 11.7. The number of nitrogens with two attached hydrogens (primary N) is 1. The Kier molecular flexibility index (Phi) is 8.93. The molecular formula is C27H31N5O5. The van der Waals surface area contributed by atoms with Gasteiger partial charge in [-0.25, -0.2) is 4.79 Å². The van der Waals surface area contributed by atoms with Gasteiger partial charge in [-0.2, -0.15) is 0 Å². The van der Waals surface area contributed by atoms with Crippen LogP contribution in [0.2, 0.25) is 0 Å². The molecule has 0 bridgehead atoms. The minimum Gasteiger partial charge on any atom is -0.490 e. The Labute approximate surface area is 215 Å². The van der Waals surface area contributed by atoms with Gasteiger partial charge in [-0.3, -0.25) is 21.1 Å². The van der Waals surface area contributed by atoms with E-state index >= 15 is 0 Å². The maximum absolute atomic E-state index is 13.4. The van der Waals surface area contributed by atoms with E-state index in [0.29, 0.717) is 34.9 Å². The summed E-state index contributed by atoms with van der Waals surface area (Å²) in [4.78, 5) is 24.9. The highest BCUT2D eigenvalue weighted by molar-refractivity contribution is 5.96. The minimum absolute atomic E-state index is 0.0148. The molecule has 0 radical (unpaired) electrons. The van der Waals surface area contributed by atoms with Crippen LogP contribution in [0.3, 0.4) is 0 Å². The summed E-state index contributed by atoms with van der Waals surface area (Å²) in [5.74, 6) is -0.622. The van der Waals surface area contributed by atoms with Gasteiger partial charge in [0.2, 0.25) is 0 Å². The molecule has 0 aromatic heterocycles. The lowest BCUT2D eigenvalue weighted by Gasteiger charge is -2.23. The maximum Gasteiger partial charge on any atom is 0.337 e. The third-order valence-electron chi connectivity index (χ3n) is 5.21. The highest BCUT2D eigenvalue weighted by Crippen LogP contribution is 2.33. The number of carbonyl (C=O) groups excluding carboxylic acids is 1. The van der Waals surface area contributed by atoms with Gasteiger partial charge in [0.25, 0.3) is 5.91 Å². The predicted octanol–water partition coefficient (Wildman–Crippen LogP) is 4.15. The lowest BCUT2D eigenvalue weighted by atomic mass is 10.0. The van der Waals surface area contributed by atoms with E-state index < -0.39 is 17.9 Å². The second-order valence-electron chi connectivity index (χ2n) is 8.34. The molecule has 1 atom stereocenters. The summed E-state index contributed by atoms with van der Waals surface area (Å²) in [6.07, 6.45) is -0.0689. The standard InChI is InChI=1S/C27H31N5O5/c1-4-36-23-15-18(11-14-22(23)37-16(2)3)24(30-19-12-9-17(10-13-19)25(28)29)26(33)32-31-21-8-6-5-7-20(21)27(34)35/h5-16,24,30-31H,4H2,1-3H3,(H3,28,29)(H,32,33)(H,34,35). The summed E-state index contributed by atoms with van der Waals surface area (Å²) in [5.41, 5.74) is 12.9. The van der Waals surface area contributed by atoms with Crippen LogP contribution >= 0.6 is 0 Å². The molecule has 1 unspecified atom stereocenters. The zero-order valence-electron chi connectivity index (χ0n) is 20.9. The number of hydrazine groups is 1. The number of amides is 1. The summed E-state index contributed by atoms with van der Waals surface area (Å²) < 4.78 is 11.6. The van der Waals surface area contributed by atoms with Crippen molar-refractivity contribution in [3.63, 3.8) is 0 Å². The molecule has 10 nitrogen and oxygen atoms in total. The predicted molar refractivity (Wildman–Crippen MR) is 142 cm³/mol. The van der Waals surface area contributed by atoms with Gasteiger partial charge in [0.15, 0.2) is 11.5 Å². The van der Waals surface area contributed by atoms with Crippen molar-refractivity contribution in [3.05, 3.63) is 83.4 Å². The van der Waals surface area contributed by atoms with Gasteiger partial charge in [-0.15, -0.1) is 0 Å². The van der Waals surface area contributed by atoms with Crippen LogP contribution < -0.4 is 31.4 Å². The van der Waals surface area contributed by atoms with Gasteiger partial charge in [0, 0.05) is 11.3 Å². The monoisotopic (exact) mass is 505 g/mol. The number of rotatable bonds is 12. The van der Waals surface area contributed by atoms with Gasteiger partial charge in [0.05, 0.1) is 24.0 Å². The average Bonchev–Trinajstić information content (AvgIpc) is 2.87. The number of carboxylic acids is 1. The van der Waals surface area contributed by atoms with Crippen LogP contribution in [0.1, 0.15) is 48.3 Å². The molecule has 0 aliphatic heterocycles. The second kappa shape index (κ2) is 12.3. The number of carboxylic acid groups (broad SMARTS) is 1. The quantitative estimate of drug-likeness (QED) is 0.122. The van der Waals surface area contributed by atoms with E-state index in [1.807, 2.05) is 20.8 Å². The molecule has 0 fully saturated rings. The van der Waals surface area contributed by atoms with Crippen LogP contribution in [-0.2, 0) is 4.79 Å². The zero-order chi connectivity index (χ0) is 26.9. The van der Waals surface area contributed by atoms with Gasteiger partial charge in [-0.05, 0) is 74.9 Å². The van der Waals surface area contributed by atoms with E-state index in [9.17, 15) is 14.7 Å². The molecule has 3 rings (SSSR count). The first-order chi connectivity index (χ1) is 17.7. The molecule has 0 saturated heterocycles. The number of nitrogen functional groups attached to an aromatic ring is 1. The fourth-order valence-electron chi connectivity index (χ4n) is 3.52. The summed E-state index contributed by atoms with van der Waals surface area (Å²) in [7, 11) is 0. The molecule has 0 aliphatic rings. The Morgan fingerprint density at radius 2 is 1.73 bits per heavy atom. The molecule has 3 aromatic rings. The number of hydrogen-bond acceptors (Lipinski definition) is 7. The molecule has 3 aromatic carbocycles. The van der Waals surface area contributed by atoms with Crippen molar-refractivity contribution in [2.45, 2.75) is 32.9 Å². The largest absolute Gasteiger partial charge is 0.490 e. The topological polar surface area (TPSA) is 159 Å². The SMILES string of the molecule is CCOc1cc(C(Nc2ccc(C(=N)N)cc2)C(=O)NNc2ccccc2C(=O)O)ccc1OC(C)C. The Bertz CT molecular complexity index is 1260. The number of benzene rings is 3. The molecule has 0 saturated carbocycles. The van der Waals surface area contributed by atoms with Crippen molar-refractivity contribution < 1.29 is 24.2 Å². The number of carbonyl (C=O) groups is 2. The number of nitrogens with one attached hydrogen (secondary N) is 4. The molecular weight excluding hydrogens is 474 g/mol. The van der Waals surface area contributed by atoms with Gasteiger partial charge in [-0.1, -0.05) is 18.2 Å². The molecule has 0 aliphatic carbocycles. The molecule has 0 heterocycles. The van der Waals surface area contributed by atoms with E-state index in [2.05, 4.69) is 16.2 Å². The fourth-order valence-corrected chi connectivity index (χ4v) is 3.52. The number of amidine groups is 1. The van der Waals surface area contributed by atoms with E-state index in [1.54, 1.807) is 60.7 Å². The summed E-state index contributed by atoms with van der Waals surface area (Å²) in [5, 5.41) is 20.2. The summed E-state index contributed by atoms with van der Waals surface area (Å²) >= 11 is 0. The van der Waals surface area contributed by atoms with Crippen molar-refractivity contribution in [1.82, 2.24) is 5.43 Å². The first kappa shape index (κ1) is 26.9. The highest BCUT2D eigenvalue weighted by Gasteiger charge is 2.23. The highest BCUT2D eigenvalue weighted by atomic mass is 16.5. The van der Waals surface area contributed by atoms with E-state index in [1.165, 1.54) is 6.07 Å². The molecule has 37 heavy (non-hydrogen) atoms. The lowest BCUT2D eigenvalue weighted by Crippen LogP contribution is -2.37. The van der Waals surface area contributed by atoms with Crippen molar-refractivity contribution in [3.8, 4) is 11.5 Å². The van der Waals surface area contributed by atoms with Crippen LogP contribution in [0, 0.1) is 5.41 Å². The van der Waals surface area contributed by atoms with Crippen LogP contribution in [-0.4, -0.2) is 35.5 Å². The van der Waals surface area contributed by atoms with Crippen molar-refractivity contribution in [1.29, 1.82) is 5.41 Å². The number of ether oxygens (including phenoxy) is 2. The number of hydrogen-bond donors (Lipinski definition) is 6. The Balaban J connectivity index is 1.93. The first-order valence-corrected chi connectivity index (χ1v) is 11.7. The molecule has 194 valence electrons. The second-order valence-corrected chi connectivity index (χ2v) is 8.34. The van der Waals surface area contributed by atoms with Crippen LogP contribution in [0.25, 0.3) is 0 Å². The molecule has 7 N–H and O–H groups in total. The Hall–Kier alpha value is -4.73. The van der Waals surface area contributed by atoms with Gasteiger partial charge < -0.3 is 25.6 Å². The number of anilines is 2.